The van der Waals surface area contributed by atoms with E-state index in [1.54, 1.807) is 12.1 Å². The Labute approximate surface area is 170 Å². The maximum absolute atomic E-state index is 15.5. The number of nitrogens with two attached hydrogens (primary N) is 1. The van der Waals surface area contributed by atoms with E-state index >= 15 is 4.39 Å². The van der Waals surface area contributed by atoms with Crippen LogP contribution in [-0.4, -0.2) is 9.97 Å². The molecule has 4 nitrogen and oxygen atoms in total. The maximum atomic E-state index is 15.5. The lowest BCUT2D eigenvalue weighted by molar-refractivity contribution is -0.138. The van der Waals surface area contributed by atoms with Gasteiger partial charge in [-0.1, -0.05) is 12.5 Å². The predicted octanol–water partition coefficient (Wildman–Crippen LogP) is 6.25. The number of anilines is 1. The van der Waals surface area contributed by atoms with Crippen LogP contribution in [0.3, 0.4) is 0 Å². The highest BCUT2D eigenvalue weighted by Crippen LogP contribution is 2.45. The van der Waals surface area contributed by atoms with Gasteiger partial charge in [-0.05, 0) is 55.5 Å². The number of rotatable bonds is 4. The number of nitrogens with zero attached hydrogens (tertiary/aromatic N) is 2. The Kier molecular flexibility index (Phi) is 5.09. The molecule has 1 aromatic heterocycles. The molecule has 0 unspecified atom stereocenters. The summed E-state index contributed by atoms with van der Waals surface area (Å²) >= 11 is 0. The third kappa shape index (κ3) is 3.81. The van der Waals surface area contributed by atoms with Crippen molar-refractivity contribution in [1.82, 2.24) is 9.97 Å². The van der Waals surface area contributed by atoms with Crippen molar-refractivity contribution < 1.29 is 22.3 Å². The van der Waals surface area contributed by atoms with Crippen LogP contribution in [-0.2, 0) is 6.18 Å². The summed E-state index contributed by atoms with van der Waals surface area (Å²) in [5, 5.41) is 0. The van der Waals surface area contributed by atoms with Crippen LogP contribution in [0.25, 0.3) is 11.3 Å². The number of benzene rings is 2. The van der Waals surface area contributed by atoms with Gasteiger partial charge in [0, 0.05) is 11.1 Å². The first-order valence-electron chi connectivity index (χ1n) is 9.50. The fourth-order valence-corrected chi connectivity index (χ4v) is 3.53. The standard InChI is InChI=1S/C22H19F4N3O/c1-12-9-14(5-8-17(12)22(24,25)26)30-21-15(13-3-2-4-13)6-7-16(20(21)23)18-10-29-19(27)11-28-18/h5-11,13H,2-4H2,1H3,(H2,27,29). The molecule has 1 aliphatic rings. The molecule has 1 aliphatic carbocycles. The molecule has 3 aromatic rings. The number of alkyl halides is 3. The molecule has 1 fully saturated rings. The first-order chi connectivity index (χ1) is 14.2. The summed E-state index contributed by atoms with van der Waals surface area (Å²) in [7, 11) is 0. The van der Waals surface area contributed by atoms with Gasteiger partial charge in [-0.3, -0.25) is 4.98 Å². The number of hydrogen-bond donors (Lipinski definition) is 1. The van der Waals surface area contributed by atoms with Crippen LogP contribution >= 0.6 is 0 Å². The summed E-state index contributed by atoms with van der Waals surface area (Å²) in [6, 6.07) is 6.82. The molecule has 8 heteroatoms. The van der Waals surface area contributed by atoms with Crippen molar-refractivity contribution >= 4 is 5.82 Å². The van der Waals surface area contributed by atoms with Crippen LogP contribution in [0.15, 0.2) is 42.7 Å². The first-order valence-corrected chi connectivity index (χ1v) is 9.50. The number of aromatic nitrogens is 2. The van der Waals surface area contributed by atoms with E-state index in [2.05, 4.69) is 9.97 Å². The van der Waals surface area contributed by atoms with E-state index < -0.39 is 17.6 Å². The molecule has 2 N–H and O–H groups in total. The summed E-state index contributed by atoms with van der Waals surface area (Å²) < 4.78 is 60.4. The van der Waals surface area contributed by atoms with Gasteiger partial charge >= 0.3 is 6.18 Å². The predicted molar refractivity (Wildman–Crippen MR) is 105 cm³/mol. The molecule has 0 aliphatic heterocycles. The molecule has 0 amide bonds. The molecule has 0 spiro atoms. The van der Waals surface area contributed by atoms with Crippen LogP contribution in [0, 0.1) is 12.7 Å². The average Bonchev–Trinajstić information content (AvgIpc) is 2.63. The lowest BCUT2D eigenvalue weighted by Gasteiger charge is -2.28. The number of halogens is 4. The van der Waals surface area contributed by atoms with Crippen molar-refractivity contribution in [2.24, 2.45) is 0 Å². The second kappa shape index (κ2) is 7.59. The topological polar surface area (TPSA) is 61.0 Å². The zero-order valence-electron chi connectivity index (χ0n) is 16.1. The Bertz CT molecular complexity index is 1080. The Morgan fingerprint density at radius 1 is 1.07 bits per heavy atom. The minimum Gasteiger partial charge on any atom is -0.454 e. The van der Waals surface area contributed by atoms with Gasteiger partial charge in [0.25, 0.3) is 0 Å². The molecule has 156 valence electrons. The zero-order valence-corrected chi connectivity index (χ0v) is 16.1. The van der Waals surface area contributed by atoms with Crippen LogP contribution in [0.1, 0.15) is 41.9 Å². The minimum absolute atomic E-state index is 0.00570. The molecule has 0 atom stereocenters. The minimum atomic E-state index is -4.46. The fraction of sp³-hybridized carbons (Fsp3) is 0.273. The monoisotopic (exact) mass is 417 g/mol. The lowest BCUT2D eigenvalue weighted by Crippen LogP contribution is -2.11. The summed E-state index contributed by atoms with van der Waals surface area (Å²) in [6.07, 6.45) is 1.08. The van der Waals surface area contributed by atoms with E-state index in [1.165, 1.54) is 31.5 Å². The molecule has 2 aromatic carbocycles. The second-order valence-corrected chi connectivity index (χ2v) is 7.38. The Morgan fingerprint density at radius 2 is 1.83 bits per heavy atom. The normalized spacial score (nSPS) is 14.4. The van der Waals surface area contributed by atoms with Gasteiger partial charge in [0.15, 0.2) is 11.6 Å². The highest BCUT2D eigenvalue weighted by Gasteiger charge is 2.32. The summed E-state index contributed by atoms with van der Waals surface area (Å²) in [5.41, 5.74) is 5.97. The zero-order chi connectivity index (χ0) is 21.5. The van der Waals surface area contributed by atoms with Crippen molar-refractivity contribution in [3.63, 3.8) is 0 Å². The average molecular weight is 417 g/mol. The van der Waals surface area contributed by atoms with E-state index in [-0.39, 0.29) is 40.1 Å². The Balaban J connectivity index is 1.76. The van der Waals surface area contributed by atoms with Crippen LogP contribution in [0.5, 0.6) is 11.5 Å². The highest BCUT2D eigenvalue weighted by atomic mass is 19.4. The van der Waals surface area contributed by atoms with Gasteiger partial charge in [0.05, 0.1) is 23.7 Å². The Morgan fingerprint density at radius 3 is 2.40 bits per heavy atom. The van der Waals surface area contributed by atoms with E-state index in [0.717, 1.165) is 25.3 Å². The molecular weight excluding hydrogens is 398 g/mol. The van der Waals surface area contributed by atoms with Crippen molar-refractivity contribution in [1.29, 1.82) is 0 Å². The van der Waals surface area contributed by atoms with Gasteiger partial charge in [0.2, 0.25) is 0 Å². The van der Waals surface area contributed by atoms with Gasteiger partial charge < -0.3 is 10.5 Å². The molecule has 0 bridgehead atoms. The largest absolute Gasteiger partial charge is 0.454 e. The molecule has 0 radical (unpaired) electrons. The maximum Gasteiger partial charge on any atom is 0.416 e. The number of hydrogen-bond acceptors (Lipinski definition) is 4. The van der Waals surface area contributed by atoms with Crippen molar-refractivity contribution in [3.05, 3.63) is 65.2 Å². The first kappa shape index (κ1) is 20.1. The highest BCUT2D eigenvalue weighted by molar-refractivity contribution is 5.64. The van der Waals surface area contributed by atoms with Gasteiger partial charge in [-0.2, -0.15) is 13.2 Å². The molecular formula is C22H19F4N3O. The number of ether oxygens (including phenoxy) is 1. The van der Waals surface area contributed by atoms with Gasteiger partial charge in [-0.15, -0.1) is 0 Å². The van der Waals surface area contributed by atoms with E-state index in [9.17, 15) is 13.2 Å². The van der Waals surface area contributed by atoms with Crippen LogP contribution in [0.2, 0.25) is 0 Å². The number of nitrogen functional groups attached to an aromatic ring is 1. The summed E-state index contributed by atoms with van der Waals surface area (Å²) in [5.74, 6) is -0.120. The SMILES string of the molecule is Cc1cc(Oc2c(C3CCC3)ccc(-c3cnc(N)cn3)c2F)ccc1C(F)(F)F. The van der Waals surface area contributed by atoms with Crippen molar-refractivity contribution in [2.75, 3.05) is 5.73 Å². The lowest BCUT2D eigenvalue weighted by atomic mass is 9.79. The van der Waals surface area contributed by atoms with E-state index in [0.29, 0.717) is 5.56 Å². The third-order valence-corrected chi connectivity index (χ3v) is 5.34. The quantitative estimate of drug-likeness (QED) is 0.510. The van der Waals surface area contributed by atoms with Gasteiger partial charge in [0.1, 0.15) is 11.6 Å². The fourth-order valence-electron chi connectivity index (χ4n) is 3.53. The molecule has 1 heterocycles. The summed E-state index contributed by atoms with van der Waals surface area (Å²) in [4.78, 5) is 8.05. The molecule has 4 rings (SSSR count). The summed E-state index contributed by atoms with van der Waals surface area (Å²) in [6.45, 7) is 1.35. The van der Waals surface area contributed by atoms with Crippen LogP contribution in [0.4, 0.5) is 23.4 Å². The van der Waals surface area contributed by atoms with E-state index in [4.69, 9.17) is 10.5 Å². The third-order valence-electron chi connectivity index (χ3n) is 5.34. The second-order valence-electron chi connectivity index (χ2n) is 7.38. The van der Waals surface area contributed by atoms with Gasteiger partial charge in [-0.25, -0.2) is 9.37 Å². The molecule has 1 saturated carbocycles. The molecule has 0 saturated heterocycles. The van der Waals surface area contributed by atoms with E-state index in [1.807, 2.05) is 0 Å². The number of aryl methyl sites for hydroxylation is 1. The van der Waals surface area contributed by atoms with Crippen molar-refractivity contribution in [3.8, 4) is 22.8 Å². The van der Waals surface area contributed by atoms with Crippen LogP contribution < -0.4 is 10.5 Å². The molecule has 30 heavy (non-hydrogen) atoms. The van der Waals surface area contributed by atoms with Crippen molar-refractivity contribution in [2.45, 2.75) is 38.3 Å². The Hall–Kier alpha value is -3.16. The smallest absolute Gasteiger partial charge is 0.416 e.